The smallest absolute Gasteiger partial charge is 0.0943 e. The van der Waals surface area contributed by atoms with E-state index in [2.05, 4.69) is 17.4 Å². The van der Waals surface area contributed by atoms with Crippen LogP contribution >= 0.6 is 0 Å². The summed E-state index contributed by atoms with van der Waals surface area (Å²) in [6.45, 7) is 2.85. The third kappa shape index (κ3) is 4.56. The molecule has 0 saturated carbocycles. The Hall–Kier alpha value is -1.24. The molecule has 0 aliphatic carbocycles. The predicted molar refractivity (Wildman–Crippen MR) is 69.7 cm³/mol. The molecule has 2 nitrogen and oxygen atoms in total. The molecule has 0 amide bonds. The second-order valence-electron chi connectivity index (χ2n) is 3.78. The number of methoxy groups -OCH3 is 1. The quantitative estimate of drug-likeness (QED) is 0.766. The van der Waals surface area contributed by atoms with Crippen LogP contribution in [-0.4, -0.2) is 7.11 Å². The second-order valence-corrected chi connectivity index (χ2v) is 3.78. The zero-order chi connectivity index (χ0) is 11.9. The number of benzene rings is 2. The minimum absolute atomic E-state index is 0. The van der Waals surface area contributed by atoms with E-state index < -0.39 is 0 Å². The molecule has 0 bridgehead atoms. The van der Waals surface area contributed by atoms with Gasteiger partial charge in [-0.25, -0.2) is 0 Å². The van der Waals surface area contributed by atoms with Crippen molar-refractivity contribution in [2.75, 3.05) is 7.11 Å². The Labute approximate surface area is 123 Å². The minimum atomic E-state index is 0. The maximum atomic E-state index is 5.11. The summed E-state index contributed by atoms with van der Waals surface area (Å²) in [7, 11) is 1.67. The van der Waals surface area contributed by atoms with Crippen molar-refractivity contribution >= 4 is 0 Å². The van der Waals surface area contributed by atoms with Crippen LogP contribution in [0.25, 0.3) is 0 Å². The molecule has 0 aliphatic rings. The molecule has 0 heterocycles. The molecule has 0 fully saturated rings. The number of ether oxygens (including phenoxy) is 1. The first-order valence-corrected chi connectivity index (χ1v) is 5.63. The fraction of sp³-hybridized carbons (Fsp3) is 0.133. The van der Waals surface area contributed by atoms with E-state index in [1.807, 2.05) is 49.0 Å². The van der Waals surface area contributed by atoms with Gasteiger partial charge in [-0.2, -0.15) is 17.7 Å². The summed E-state index contributed by atoms with van der Waals surface area (Å²) in [5, 5.41) is 3.29. The largest absolute Gasteiger partial charge is 0.499 e. The first kappa shape index (κ1) is 14.8. The van der Waals surface area contributed by atoms with Crippen LogP contribution in [0.15, 0.2) is 54.6 Å². The zero-order valence-electron chi connectivity index (χ0n) is 10.3. The molecule has 2 aromatic carbocycles. The summed E-state index contributed by atoms with van der Waals surface area (Å²) in [6, 6.07) is 18.3. The van der Waals surface area contributed by atoms with Crippen LogP contribution in [0.2, 0.25) is 0 Å². The van der Waals surface area contributed by atoms with Gasteiger partial charge >= 0.3 is 0 Å². The van der Waals surface area contributed by atoms with Gasteiger partial charge in [-0.15, -0.1) is 6.54 Å². The molecule has 0 aliphatic heterocycles. The summed E-state index contributed by atoms with van der Waals surface area (Å²) in [4.78, 5) is 0. The molecular formula is C15H16NOW-. The van der Waals surface area contributed by atoms with Crippen LogP contribution in [0.1, 0.15) is 11.1 Å². The van der Waals surface area contributed by atoms with Crippen molar-refractivity contribution in [1.29, 1.82) is 0 Å². The molecule has 0 atom stereocenters. The average Bonchev–Trinajstić information content (AvgIpc) is 2.41. The maximum Gasteiger partial charge on any atom is 0.0943 e. The molecule has 2 rings (SSSR count). The molecule has 3 heteroatoms. The molecule has 0 radical (unpaired) electrons. The Balaban J connectivity index is 0.00000162. The van der Waals surface area contributed by atoms with Gasteiger partial charge in [-0.05, 0) is 5.56 Å². The van der Waals surface area contributed by atoms with E-state index in [1.54, 1.807) is 7.11 Å². The van der Waals surface area contributed by atoms with E-state index in [1.165, 1.54) is 5.56 Å². The molecule has 0 aromatic heterocycles. The minimum Gasteiger partial charge on any atom is -0.499 e. The van der Waals surface area contributed by atoms with Gasteiger partial charge in [0.05, 0.1) is 12.9 Å². The van der Waals surface area contributed by atoms with Gasteiger partial charge < -0.3 is 10.1 Å². The van der Waals surface area contributed by atoms with Crippen LogP contribution < -0.4 is 10.1 Å². The fourth-order valence-corrected chi connectivity index (χ4v) is 1.58. The van der Waals surface area contributed by atoms with Crippen LogP contribution in [-0.2, 0) is 27.6 Å². The fourth-order valence-electron chi connectivity index (χ4n) is 1.58. The summed E-state index contributed by atoms with van der Waals surface area (Å²) in [5.41, 5.74) is 2.42. The van der Waals surface area contributed by atoms with Crippen molar-refractivity contribution in [1.82, 2.24) is 5.32 Å². The van der Waals surface area contributed by atoms with Crippen LogP contribution in [0.4, 0.5) is 0 Å². The zero-order valence-corrected chi connectivity index (χ0v) is 13.2. The number of nitrogens with one attached hydrogen (secondary N) is 1. The Morgan fingerprint density at radius 3 is 2.28 bits per heavy atom. The van der Waals surface area contributed by atoms with Crippen LogP contribution in [0.5, 0.6) is 5.75 Å². The van der Waals surface area contributed by atoms with E-state index in [9.17, 15) is 0 Å². The Morgan fingerprint density at radius 1 is 1.00 bits per heavy atom. The van der Waals surface area contributed by atoms with Crippen molar-refractivity contribution in [3.8, 4) is 5.75 Å². The van der Waals surface area contributed by atoms with Gasteiger partial charge in [0.15, 0.2) is 0 Å². The topological polar surface area (TPSA) is 21.3 Å². The molecule has 0 saturated heterocycles. The first-order chi connectivity index (χ1) is 8.38. The van der Waals surface area contributed by atoms with Crippen molar-refractivity contribution in [3.63, 3.8) is 0 Å². The molecular weight excluding hydrogens is 394 g/mol. The van der Waals surface area contributed by atoms with Crippen LogP contribution in [0.3, 0.4) is 0 Å². The van der Waals surface area contributed by atoms with E-state index in [-0.39, 0.29) is 21.1 Å². The molecule has 1 N–H and O–H groups in total. The SMILES string of the molecule is COc1ccc([CH-]NCc2ccccc2)cc1.[W]. The molecule has 0 spiro atoms. The van der Waals surface area contributed by atoms with Crippen molar-refractivity contribution < 1.29 is 25.8 Å². The molecule has 0 unspecified atom stereocenters. The third-order valence-corrected chi connectivity index (χ3v) is 2.53. The van der Waals surface area contributed by atoms with Crippen molar-refractivity contribution in [2.45, 2.75) is 6.54 Å². The summed E-state index contributed by atoms with van der Waals surface area (Å²) < 4.78 is 5.11. The van der Waals surface area contributed by atoms with Gasteiger partial charge in [0, 0.05) is 27.6 Å². The average molecular weight is 410 g/mol. The second kappa shape index (κ2) is 7.97. The maximum absolute atomic E-state index is 5.11. The monoisotopic (exact) mass is 410 g/mol. The standard InChI is InChI=1S/C15H16NO.W/c1-17-15-9-7-14(8-10-15)12-16-11-13-5-3-2-4-6-13;/h2-10,12,16H,11H2,1H3;/q-1;. The van der Waals surface area contributed by atoms with Crippen LogP contribution in [0, 0.1) is 6.54 Å². The van der Waals surface area contributed by atoms with E-state index in [0.717, 1.165) is 17.9 Å². The molecule has 94 valence electrons. The first-order valence-electron chi connectivity index (χ1n) is 5.63. The van der Waals surface area contributed by atoms with E-state index >= 15 is 0 Å². The summed E-state index contributed by atoms with van der Waals surface area (Å²) in [6.07, 6.45) is 0. The van der Waals surface area contributed by atoms with Crippen molar-refractivity contribution in [3.05, 3.63) is 72.3 Å². The molecule has 18 heavy (non-hydrogen) atoms. The van der Waals surface area contributed by atoms with Gasteiger partial charge in [0.2, 0.25) is 0 Å². The Bertz CT molecular complexity index is 442. The van der Waals surface area contributed by atoms with Gasteiger partial charge in [-0.1, -0.05) is 42.5 Å². The normalized spacial score (nSPS) is 9.39. The Morgan fingerprint density at radius 2 is 1.67 bits per heavy atom. The van der Waals surface area contributed by atoms with E-state index in [4.69, 9.17) is 4.74 Å². The van der Waals surface area contributed by atoms with Gasteiger partial charge in [0.1, 0.15) is 0 Å². The Kier molecular flexibility index (Phi) is 6.56. The summed E-state index contributed by atoms with van der Waals surface area (Å²) >= 11 is 0. The van der Waals surface area contributed by atoms with E-state index in [0.29, 0.717) is 0 Å². The third-order valence-electron chi connectivity index (χ3n) is 2.53. The number of rotatable bonds is 5. The summed E-state index contributed by atoms with van der Waals surface area (Å²) in [5.74, 6) is 0.880. The molecule has 2 aromatic rings. The van der Waals surface area contributed by atoms with Gasteiger partial charge in [0.25, 0.3) is 0 Å². The van der Waals surface area contributed by atoms with Crippen molar-refractivity contribution in [2.24, 2.45) is 0 Å². The number of hydrogen-bond donors (Lipinski definition) is 1. The predicted octanol–water partition coefficient (Wildman–Crippen LogP) is 2.99. The van der Waals surface area contributed by atoms with Gasteiger partial charge in [-0.3, -0.25) is 0 Å². The number of hydrogen-bond acceptors (Lipinski definition) is 2.